The number of methoxy groups -OCH3 is 2. The Bertz CT molecular complexity index is 423. The van der Waals surface area contributed by atoms with Crippen LogP contribution in [0.4, 0.5) is 0 Å². The Kier molecular flexibility index (Phi) is 10.6. The molecule has 2 fully saturated rings. The van der Waals surface area contributed by atoms with E-state index in [0.717, 1.165) is 35.5 Å². The monoisotopic (exact) mass is 414 g/mol. The maximum absolute atomic E-state index is 11.4. The number of carbonyl (C=O) groups is 2. The molecule has 5 heteroatoms. The summed E-state index contributed by atoms with van der Waals surface area (Å²) in [5.41, 5.74) is 0. The average Bonchev–Trinajstić information content (AvgIpc) is 2.94. The SMILES string of the molecule is COC(=O)[C]1[C](C)[C](C)[C](C)[C]1C.COC(=O)[C]1[C](C)[C](C)[C](C)[C]1C.[Fe]. The quantitative estimate of drug-likeness (QED) is 0.501. The Morgan fingerprint density at radius 2 is 0.667 bits per heavy atom. The van der Waals surface area contributed by atoms with E-state index in [1.165, 1.54) is 37.9 Å². The number of hydrogen-bond donors (Lipinski definition) is 0. The first kappa shape index (κ1) is 26.5. The zero-order valence-corrected chi connectivity index (χ0v) is 19.1. The van der Waals surface area contributed by atoms with Crippen LogP contribution in [0.15, 0.2) is 0 Å². The summed E-state index contributed by atoms with van der Waals surface area (Å²) in [6.45, 7) is 16.0. The molecule has 2 rings (SSSR count). The van der Waals surface area contributed by atoms with E-state index in [1.807, 2.05) is 55.4 Å². The Morgan fingerprint density at radius 3 is 0.815 bits per heavy atom. The first-order valence-corrected chi connectivity index (χ1v) is 8.63. The average molecular weight is 414 g/mol. The van der Waals surface area contributed by atoms with E-state index in [1.54, 1.807) is 0 Å². The number of carbonyl (C=O) groups excluding carboxylic acids is 2. The predicted octanol–water partition coefficient (Wildman–Crippen LogP) is 4.25. The van der Waals surface area contributed by atoms with Gasteiger partial charge in [-0.1, -0.05) is 55.4 Å². The van der Waals surface area contributed by atoms with Gasteiger partial charge in [-0.2, -0.15) is 0 Å². The molecule has 4 nitrogen and oxygen atoms in total. The summed E-state index contributed by atoms with van der Waals surface area (Å²) < 4.78 is 9.45. The molecule has 0 amide bonds. The largest absolute Gasteiger partial charge is 0.469 e. The maximum atomic E-state index is 11.4. The van der Waals surface area contributed by atoms with Gasteiger partial charge in [0.25, 0.3) is 0 Å². The van der Waals surface area contributed by atoms with Gasteiger partial charge in [0.15, 0.2) is 0 Å². The van der Waals surface area contributed by atoms with Crippen molar-refractivity contribution in [3.05, 3.63) is 59.2 Å². The van der Waals surface area contributed by atoms with Gasteiger partial charge in [-0.3, -0.25) is 9.59 Å². The molecule has 0 aliphatic heterocycles. The number of esters is 2. The Balaban J connectivity index is 0.000000483. The maximum Gasteiger partial charge on any atom is 0.314 e. The third kappa shape index (κ3) is 5.29. The van der Waals surface area contributed by atoms with E-state index in [0.29, 0.717) is 0 Å². The van der Waals surface area contributed by atoms with Gasteiger partial charge in [-0.15, -0.1) is 0 Å². The molecule has 0 heterocycles. The molecule has 0 unspecified atom stereocenters. The summed E-state index contributed by atoms with van der Waals surface area (Å²) in [6, 6.07) is 0. The third-order valence-electron chi connectivity index (χ3n) is 5.65. The number of ether oxygens (including phenoxy) is 2. The molecule has 10 radical (unpaired) electrons. The molecule has 2 aliphatic carbocycles. The van der Waals surface area contributed by atoms with Gasteiger partial charge in [0, 0.05) is 17.1 Å². The molecule has 2 aliphatic rings. The van der Waals surface area contributed by atoms with Crippen molar-refractivity contribution in [2.45, 2.75) is 55.4 Å². The second kappa shape index (κ2) is 10.9. The smallest absolute Gasteiger partial charge is 0.314 e. The van der Waals surface area contributed by atoms with Crippen LogP contribution < -0.4 is 0 Å². The van der Waals surface area contributed by atoms with Crippen molar-refractivity contribution < 1.29 is 36.1 Å². The first-order chi connectivity index (χ1) is 12.0. The van der Waals surface area contributed by atoms with E-state index in [-0.39, 0.29) is 29.0 Å². The molecule has 0 saturated heterocycles. The van der Waals surface area contributed by atoms with Crippen LogP contribution in [0.2, 0.25) is 0 Å². The van der Waals surface area contributed by atoms with Crippen molar-refractivity contribution in [3.8, 4) is 0 Å². The van der Waals surface area contributed by atoms with Crippen LogP contribution in [0.5, 0.6) is 0 Å². The second-order valence-corrected chi connectivity index (χ2v) is 6.73. The fourth-order valence-electron chi connectivity index (χ4n) is 3.25. The van der Waals surface area contributed by atoms with Crippen molar-refractivity contribution in [1.82, 2.24) is 0 Å². The summed E-state index contributed by atoms with van der Waals surface area (Å²) >= 11 is 0. The zero-order valence-electron chi connectivity index (χ0n) is 18.0. The molecule has 0 aromatic heterocycles. The normalized spacial score (nSPS) is 23.2. The molecule has 150 valence electrons. The minimum Gasteiger partial charge on any atom is -0.469 e. The van der Waals surface area contributed by atoms with E-state index in [2.05, 4.69) is 0 Å². The first-order valence-electron chi connectivity index (χ1n) is 8.63. The van der Waals surface area contributed by atoms with E-state index in [4.69, 9.17) is 9.47 Å². The van der Waals surface area contributed by atoms with Crippen LogP contribution in [-0.4, -0.2) is 26.2 Å². The van der Waals surface area contributed by atoms with E-state index in [9.17, 15) is 9.59 Å². The molecule has 0 atom stereocenters. The van der Waals surface area contributed by atoms with Crippen molar-refractivity contribution in [3.63, 3.8) is 0 Å². The summed E-state index contributed by atoms with van der Waals surface area (Å²) in [5.74, 6) is 9.95. The van der Waals surface area contributed by atoms with Gasteiger partial charge in [0.1, 0.15) is 0 Å². The van der Waals surface area contributed by atoms with Gasteiger partial charge in [-0.05, 0) is 47.3 Å². The molecule has 2 saturated carbocycles. The summed E-state index contributed by atoms with van der Waals surface area (Å²) in [4.78, 5) is 22.8. The van der Waals surface area contributed by atoms with Crippen LogP contribution in [-0.2, 0) is 36.1 Å². The molecule has 0 spiro atoms. The number of hydrogen-bond acceptors (Lipinski definition) is 4. The van der Waals surface area contributed by atoms with E-state index >= 15 is 0 Å². The fraction of sp³-hybridized carbons (Fsp3) is 0.455. The Morgan fingerprint density at radius 1 is 0.481 bits per heavy atom. The van der Waals surface area contributed by atoms with Gasteiger partial charge >= 0.3 is 11.9 Å². The Hall–Kier alpha value is -0.541. The molecule has 0 bridgehead atoms. The van der Waals surface area contributed by atoms with Crippen molar-refractivity contribution in [1.29, 1.82) is 0 Å². The van der Waals surface area contributed by atoms with Crippen LogP contribution in [0, 0.1) is 59.2 Å². The standard InChI is InChI=1S/2C11H15O2.Fe/c2*1-6-7(2)9(4)10(8(6)3)11(12)13-5;/h2*1-5H3;. The number of rotatable bonds is 2. The zero-order chi connectivity index (χ0) is 20.3. The van der Waals surface area contributed by atoms with E-state index < -0.39 is 0 Å². The van der Waals surface area contributed by atoms with Gasteiger partial charge in [-0.25, -0.2) is 0 Å². The van der Waals surface area contributed by atoms with Crippen LogP contribution in [0.3, 0.4) is 0 Å². The molecule has 0 aromatic carbocycles. The topological polar surface area (TPSA) is 52.6 Å². The van der Waals surface area contributed by atoms with Crippen LogP contribution >= 0.6 is 0 Å². The third-order valence-corrected chi connectivity index (χ3v) is 5.65. The summed E-state index contributed by atoms with van der Waals surface area (Å²) in [6.07, 6.45) is 0. The Labute approximate surface area is 177 Å². The minimum atomic E-state index is -0.230. The molecule has 0 aromatic rings. The van der Waals surface area contributed by atoms with Crippen molar-refractivity contribution in [2.75, 3.05) is 14.2 Å². The van der Waals surface area contributed by atoms with Crippen LogP contribution in [0.1, 0.15) is 55.4 Å². The van der Waals surface area contributed by atoms with Crippen molar-refractivity contribution >= 4 is 11.9 Å². The molecule has 27 heavy (non-hydrogen) atoms. The predicted molar refractivity (Wildman–Crippen MR) is 102 cm³/mol. The van der Waals surface area contributed by atoms with Gasteiger partial charge in [0.2, 0.25) is 0 Å². The summed E-state index contributed by atoms with van der Waals surface area (Å²) in [5, 5.41) is 0. The molecular weight excluding hydrogens is 384 g/mol. The molecule has 0 N–H and O–H groups in total. The van der Waals surface area contributed by atoms with Crippen molar-refractivity contribution in [2.24, 2.45) is 0 Å². The minimum absolute atomic E-state index is 0. The fourth-order valence-corrected chi connectivity index (χ4v) is 3.25. The molecular formula is C22H30FeO4. The van der Waals surface area contributed by atoms with Crippen LogP contribution in [0.25, 0.3) is 0 Å². The summed E-state index contributed by atoms with van der Waals surface area (Å²) in [7, 11) is 2.83. The van der Waals surface area contributed by atoms with Gasteiger partial charge < -0.3 is 9.47 Å². The van der Waals surface area contributed by atoms with Gasteiger partial charge in [0.05, 0.1) is 26.1 Å². The second-order valence-electron chi connectivity index (χ2n) is 6.73.